The smallest absolute Gasteiger partial charge is 0.150 e. The first-order chi connectivity index (χ1) is 8.28. The zero-order valence-electron chi connectivity index (χ0n) is 9.51. The molecule has 0 fully saturated rings. The van der Waals surface area contributed by atoms with E-state index in [-0.39, 0.29) is 0 Å². The van der Waals surface area contributed by atoms with Crippen LogP contribution in [0.2, 0.25) is 0 Å². The number of anilines is 1. The number of aldehydes is 1. The highest BCUT2D eigenvalue weighted by atomic mass is 32.2. The number of rotatable bonds is 4. The van der Waals surface area contributed by atoms with Crippen molar-refractivity contribution < 1.29 is 4.79 Å². The highest BCUT2D eigenvalue weighted by Crippen LogP contribution is 2.21. The largest absolute Gasteiger partial charge is 0.326 e. The van der Waals surface area contributed by atoms with Crippen LogP contribution < -0.4 is 4.72 Å². The van der Waals surface area contributed by atoms with Gasteiger partial charge in [0.1, 0.15) is 6.29 Å². The summed E-state index contributed by atoms with van der Waals surface area (Å²) >= 11 is 1.50. The summed E-state index contributed by atoms with van der Waals surface area (Å²) in [6, 6.07) is 15.7. The van der Waals surface area contributed by atoms with E-state index in [4.69, 9.17) is 0 Å². The van der Waals surface area contributed by atoms with Crippen LogP contribution in [0.4, 0.5) is 5.69 Å². The predicted octanol–water partition coefficient (Wildman–Crippen LogP) is 3.93. The second-order valence-electron chi connectivity index (χ2n) is 3.76. The number of carbonyl (C=O) groups excluding carboxylic acids is 1. The van der Waals surface area contributed by atoms with Gasteiger partial charge in [-0.2, -0.15) is 0 Å². The van der Waals surface area contributed by atoms with E-state index in [0.717, 1.165) is 16.9 Å². The molecule has 0 aliphatic carbocycles. The fourth-order valence-electron chi connectivity index (χ4n) is 1.39. The van der Waals surface area contributed by atoms with Gasteiger partial charge in [0.25, 0.3) is 0 Å². The van der Waals surface area contributed by atoms with Crippen LogP contribution in [0.25, 0.3) is 0 Å². The van der Waals surface area contributed by atoms with Gasteiger partial charge in [0.2, 0.25) is 0 Å². The molecule has 3 heteroatoms. The van der Waals surface area contributed by atoms with E-state index in [9.17, 15) is 4.79 Å². The van der Waals surface area contributed by atoms with Gasteiger partial charge in [-0.25, -0.2) is 0 Å². The Morgan fingerprint density at radius 2 is 1.88 bits per heavy atom. The maximum absolute atomic E-state index is 10.6. The first-order valence-electron chi connectivity index (χ1n) is 5.33. The fraction of sp³-hybridized carbons (Fsp3) is 0.0714. The van der Waals surface area contributed by atoms with Crippen LogP contribution in [0.1, 0.15) is 15.9 Å². The Morgan fingerprint density at radius 1 is 1.12 bits per heavy atom. The summed E-state index contributed by atoms with van der Waals surface area (Å²) in [6.45, 7) is 2.06. The molecule has 0 unspecified atom stereocenters. The van der Waals surface area contributed by atoms with E-state index >= 15 is 0 Å². The molecule has 0 amide bonds. The van der Waals surface area contributed by atoms with E-state index < -0.39 is 0 Å². The summed E-state index contributed by atoms with van der Waals surface area (Å²) in [7, 11) is 0. The van der Waals surface area contributed by atoms with E-state index in [1.807, 2.05) is 30.3 Å². The molecule has 2 rings (SSSR count). The third kappa shape index (κ3) is 3.36. The SMILES string of the molecule is Cc1ccc(NSc2cccc(C=O)c2)cc1. The molecular weight excluding hydrogens is 230 g/mol. The van der Waals surface area contributed by atoms with Gasteiger partial charge >= 0.3 is 0 Å². The third-order valence-corrected chi connectivity index (χ3v) is 3.16. The van der Waals surface area contributed by atoms with Gasteiger partial charge in [-0.05, 0) is 43.1 Å². The molecule has 0 spiro atoms. The lowest BCUT2D eigenvalue weighted by molar-refractivity contribution is 0.112. The Balaban J connectivity index is 2.01. The van der Waals surface area contributed by atoms with Gasteiger partial charge in [0.05, 0.1) is 0 Å². The van der Waals surface area contributed by atoms with Crippen molar-refractivity contribution in [3.05, 3.63) is 59.7 Å². The molecule has 0 aromatic heterocycles. The molecule has 2 nitrogen and oxygen atoms in total. The molecular formula is C14H13NOS. The Labute approximate surface area is 105 Å². The van der Waals surface area contributed by atoms with Crippen molar-refractivity contribution in [3.8, 4) is 0 Å². The van der Waals surface area contributed by atoms with Crippen LogP contribution >= 0.6 is 11.9 Å². The minimum absolute atomic E-state index is 0.695. The Hall–Kier alpha value is -1.74. The van der Waals surface area contributed by atoms with E-state index in [1.54, 1.807) is 6.07 Å². The summed E-state index contributed by atoms with van der Waals surface area (Å²) in [5.41, 5.74) is 2.99. The van der Waals surface area contributed by atoms with Crippen LogP contribution in [0.15, 0.2) is 53.4 Å². The van der Waals surface area contributed by atoms with Crippen molar-refractivity contribution in [1.82, 2.24) is 0 Å². The highest BCUT2D eigenvalue weighted by molar-refractivity contribution is 8.00. The van der Waals surface area contributed by atoms with Crippen LogP contribution in [-0.2, 0) is 0 Å². The van der Waals surface area contributed by atoms with Crippen molar-refractivity contribution in [2.45, 2.75) is 11.8 Å². The Kier molecular flexibility index (Phi) is 3.83. The molecule has 1 N–H and O–H groups in total. The van der Waals surface area contributed by atoms with Gasteiger partial charge in [0, 0.05) is 16.1 Å². The molecule has 2 aromatic carbocycles. The van der Waals surface area contributed by atoms with Crippen molar-refractivity contribution in [1.29, 1.82) is 0 Å². The fourth-order valence-corrected chi connectivity index (χ4v) is 2.10. The van der Waals surface area contributed by atoms with Gasteiger partial charge in [-0.1, -0.05) is 29.8 Å². The Morgan fingerprint density at radius 3 is 2.59 bits per heavy atom. The van der Waals surface area contributed by atoms with E-state index in [1.165, 1.54) is 17.5 Å². The maximum Gasteiger partial charge on any atom is 0.150 e. The molecule has 0 bridgehead atoms. The zero-order valence-corrected chi connectivity index (χ0v) is 10.3. The zero-order chi connectivity index (χ0) is 12.1. The minimum atomic E-state index is 0.695. The number of hydrogen-bond acceptors (Lipinski definition) is 3. The summed E-state index contributed by atoms with van der Waals surface area (Å²) in [5, 5.41) is 0. The lowest BCUT2D eigenvalue weighted by atomic mass is 10.2. The second-order valence-corrected chi connectivity index (χ2v) is 4.64. The topological polar surface area (TPSA) is 29.1 Å². The van der Waals surface area contributed by atoms with Gasteiger partial charge < -0.3 is 4.72 Å². The highest BCUT2D eigenvalue weighted by Gasteiger charge is 1.97. The molecule has 86 valence electrons. The van der Waals surface area contributed by atoms with Gasteiger partial charge in [-0.3, -0.25) is 4.79 Å². The maximum atomic E-state index is 10.6. The van der Waals surface area contributed by atoms with Crippen LogP contribution in [0, 0.1) is 6.92 Å². The average Bonchev–Trinajstić information content (AvgIpc) is 2.38. The monoisotopic (exact) mass is 243 g/mol. The standard InChI is InChI=1S/C14H13NOS/c1-11-5-7-13(8-6-11)15-17-14-4-2-3-12(9-14)10-16/h2-10,15H,1H3. The third-order valence-electron chi connectivity index (χ3n) is 2.33. The van der Waals surface area contributed by atoms with Crippen LogP contribution in [0.5, 0.6) is 0 Å². The predicted molar refractivity (Wildman–Crippen MR) is 72.5 cm³/mol. The minimum Gasteiger partial charge on any atom is -0.326 e. The molecule has 0 aliphatic rings. The molecule has 0 radical (unpaired) electrons. The molecule has 0 heterocycles. The normalized spacial score (nSPS) is 9.94. The van der Waals surface area contributed by atoms with Crippen LogP contribution in [0.3, 0.4) is 0 Å². The number of aryl methyl sites for hydroxylation is 1. The summed E-state index contributed by atoms with van der Waals surface area (Å²) in [6.07, 6.45) is 0.857. The van der Waals surface area contributed by atoms with E-state index in [2.05, 4.69) is 23.8 Å². The molecule has 0 saturated carbocycles. The first kappa shape index (κ1) is 11.7. The van der Waals surface area contributed by atoms with Crippen molar-refractivity contribution in [3.63, 3.8) is 0 Å². The molecule has 17 heavy (non-hydrogen) atoms. The summed E-state index contributed by atoms with van der Waals surface area (Å²) in [5.74, 6) is 0. The summed E-state index contributed by atoms with van der Waals surface area (Å²) in [4.78, 5) is 11.7. The van der Waals surface area contributed by atoms with Crippen molar-refractivity contribution in [2.75, 3.05) is 4.72 Å². The quantitative estimate of drug-likeness (QED) is 0.651. The Bertz CT molecular complexity index is 508. The second kappa shape index (κ2) is 5.55. The van der Waals surface area contributed by atoms with Gasteiger partial charge in [0.15, 0.2) is 0 Å². The first-order valence-corrected chi connectivity index (χ1v) is 6.14. The molecule has 2 aromatic rings. The number of nitrogens with one attached hydrogen (secondary N) is 1. The molecule has 0 saturated heterocycles. The number of carbonyl (C=O) groups is 1. The van der Waals surface area contributed by atoms with Gasteiger partial charge in [-0.15, -0.1) is 0 Å². The molecule has 0 atom stereocenters. The average molecular weight is 243 g/mol. The van der Waals surface area contributed by atoms with E-state index in [0.29, 0.717) is 5.56 Å². The van der Waals surface area contributed by atoms with Crippen molar-refractivity contribution >= 4 is 23.9 Å². The lowest BCUT2D eigenvalue weighted by Crippen LogP contribution is -1.87. The lowest BCUT2D eigenvalue weighted by Gasteiger charge is -2.05. The molecule has 0 aliphatic heterocycles. The van der Waals surface area contributed by atoms with Crippen LogP contribution in [-0.4, -0.2) is 6.29 Å². The number of hydrogen-bond donors (Lipinski definition) is 1. The number of benzene rings is 2. The summed E-state index contributed by atoms with van der Waals surface area (Å²) < 4.78 is 3.24. The van der Waals surface area contributed by atoms with Crippen molar-refractivity contribution in [2.24, 2.45) is 0 Å².